The van der Waals surface area contributed by atoms with Gasteiger partial charge < -0.3 is 9.15 Å². The lowest BCUT2D eigenvalue weighted by Crippen LogP contribution is -2.33. The van der Waals surface area contributed by atoms with Gasteiger partial charge in [-0.2, -0.15) is 5.10 Å². The summed E-state index contributed by atoms with van der Waals surface area (Å²) in [5, 5.41) is 4.19. The smallest absolute Gasteiger partial charge is 0.212 e. The minimum atomic E-state index is -3.44. The summed E-state index contributed by atoms with van der Waals surface area (Å²) >= 11 is 0. The number of methoxy groups -OCH3 is 1. The van der Waals surface area contributed by atoms with Gasteiger partial charge in [0.2, 0.25) is 10.0 Å². The van der Waals surface area contributed by atoms with Crippen LogP contribution in [0.1, 0.15) is 17.4 Å². The molecule has 0 amide bonds. The fourth-order valence-electron chi connectivity index (χ4n) is 2.59. The van der Waals surface area contributed by atoms with Gasteiger partial charge in [-0.1, -0.05) is 12.1 Å². The Morgan fingerprint density at radius 1 is 1.23 bits per heavy atom. The predicted molar refractivity (Wildman–Crippen MR) is 97.6 cm³/mol. The third kappa shape index (κ3) is 4.74. The molecule has 1 atom stereocenters. The number of benzene rings is 1. The first-order valence-corrected chi connectivity index (χ1v) is 9.85. The quantitative estimate of drug-likeness (QED) is 0.620. The Morgan fingerprint density at radius 3 is 2.65 bits per heavy atom. The van der Waals surface area contributed by atoms with Crippen molar-refractivity contribution in [2.75, 3.05) is 19.4 Å². The highest BCUT2D eigenvalue weighted by atomic mass is 32.2. The number of rotatable bonds is 9. The predicted octanol–water partition coefficient (Wildman–Crippen LogP) is 2.24. The molecule has 3 rings (SSSR count). The molecule has 0 radical (unpaired) electrons. The maximum absolute atomic E-state index is 12.4. The topological polar surface area (TPSA) is 86.4 Å². The summed E-state index contributed by atoms with van der Waals surface area (Å²) in [7, 11) is -1.84. The maximum Gasteiger partial charge on any atom is 0.212 e. The van der Waals surface area contributed by atoms with E-state index in [0.29, 0.717) is 12.2 Å². The maximum atomic E-state index is 12.4. The summed E-state index contributed by atoms with van der Waals surface area (Å²) in [5.41, 5.74) is 0.936. The van der Waals surface area contributed by atoms with Crippen LogP contribution < -0.4 is 9.46 Å². The van der Waals surface area contributed by atoms with Crippen LogP contribution in [0.25, 0.3) is 0 Å². The van der Waals surface area contributed by atoms with Gasteiger partial charge in [0.05, 0.1) is 19.1 Å². The van der Waals surface area contributed by atoms with Crippen molar-refractivity contribution >= 4 is 10.0 Å². The van der Waals surface area contributed by atoms with Crippen LogP contribution in [-0.2, 0) is 16.4 Å². The highest BCUT2D eigenvalue weighted by molar-refractivity contribution is 7.89. The SMILES string of the molecule is COc1ccc(CCS(=O)(=O)NCC(c2ccco2)n2cccn2)cc1. The van der Waals surface area contributed by atoms with Gasteiger partial charge in [-0.3, -0.25) is 4.68 Å². The molecule has 0 saturated heterocycles. The molecular formula is C18H21N3O4S. The van der Waals surface area contributed by atoms with Crippen molar-refractivity contribution in [3.8, 4) is 5.75 Å². The lowest BCUT2D eigenvalue weighted by atomic mass is 10.2. The molecule has 2 heterocycles. The summed E-state index contributed by atoms with van der Waals surface area (Å²) in [6, 6.07) is 12.4. The van der Waals surface area contributed by atoms with Gasteiger partial charge in [0.25, 0.3) is 0 Å². The molecule has 7 nitrogen and oxygen atoms in total. The zero-order valence-corrected chi connectivity index (χ0v) is 15.2. The van der Waals surface area contributed by atoms with Gasteiger partial charge in [0.1, 0.15) is 17.6 Å². The zero-order valence-electron chi connectivity index (χ0n) is 14.4. The minimum Gasteiger partial charge on any atom is -0.497 e. The van der Waals surface area contributed by atoms with Crippen LogP contribution in [0.4, 0.5) is 0 Å². The van der Waals surface area contributed by atoms with Crippen LogP contribution in [0.15, 0.2) is 65.5 Å². The molecule has 0 spiro atoms. The number of aryl methyl sites for hydroxylation is 1. The number of furan rings is 1. The number of hydrogen-bond donors (Lipinski definition) is 1. The molecule has 0 aliphatic carbocycles. The van der Waals surface area contributed by atoms with Gasteiger partial charge in [-0.05, 0) is 42.3 Å². The van der Waals surface area contributed by atoms with E-state index in [1.807, 2.05) is 24.3 Å². The van der Waals surface area contributed by atoms with Crippen LogP contribution in [0.2, 0.25) is 0 Å². The molecule has 8 heteroatoms. The largest absolute Gasteiger partial charge is 0.497 e. The number of sulfonamides is 1. The first-order chi connectivity index (χ1) is 12.6. The third-order valence-electron chi connectivity index (χ3n) is 4.03. The zero-order chi connectivity index (χ0) is 18.4. The Labute approximate surface area is 152 Å². The van der Waals surface area contributed by atoms with Crippen LogP contribution in [0.3, 0.4) is 0 Å². The van der Waals surface area contributed by atoms with Crippen LogP contribution >= 0.6 is 0 Å². The molecule has 0 bridgehead atoms. The first-order valence-electron chi connectivity index (χ1n) is 8.20. The van der Waals surface area contributed by atoms with E-state index in [2.05, 4.69) is 9.82 Å². The standard InChI is InChI=1S/C18H21N3O4S/c1-24-16-7-5-15(6-8-16)9-13-26(22,23)20-14-17(18-4-2-12-25-18)21-11-3-10-19-21/h2-8,10-12,17,20H,9,13-14H2,1H3. The highest BCUT2D eigenvalue weighted by Gasteiger charge is 2.20. The Morgan fingerprint density at radius 2 is 2.04 bits per heavy atom. The molecule has 1 unspecified atom stereocenters. The highest BCUT2D eigenvalue weighted by Crippen LogP contribution is 2.17. The summed E-state index contributed by atoms with van der Waals surface area (Å²) in [5.74, 6) is 1.39. The molecule has 0 fully saturated rings. The lowest BCUT2D eigenvalue weighted by molar-refractivity contribution is 0.402. The van der Waals surface area contributed by atoms with Crippen molar-refractivity contribution < 1.29 is 17.6 Å². The van der Waals surface area contributed by atoms with E-state index in [0.717, 1.165) is 11.3 Å². The van der Waals surface area contributed by atoms with Crippen molar-refractivity contribution in [1.29, 1.82) is 0 Å². The average Bonchev–Trinajstić information content (AvgIpc) is 3.35. The van der Waals surface area contributed by atoms with E-state index in [4.69, 9.17) is 9.15 Å². The van der Waals surface area contributed by atoms with Gasteiger partial charge in [0.15, 0.2) is 0 Å². The van der Waals surface area contributed by atoms with E-state index in [-0.39, 0.29) is 18.3 Å². The van der Waals surface area contributed by atoms with Crippen LogP contribution in [0.5, 0.6) is 5.75 Å². The minimum absolute atomic E-state index is 0.00328. The van der Waals surface area contributed by atoms with Crippen molar-refractivity contribution in [3.63, 3.8) is 0 Å². The Hall–Kier alpha value is -2.58. The molecule has 1 aromatic carbocycles. The van der Waals surface area contributed by atoms with Crippen LogP contribution in [-0.4, -0.2) is 37.6 Å². The Balaban J connectivity index is 1.60. The molecule has 2 aromatic heterocycles. The second-order valence-electron chi connectivity index (χ2n) is 5.78. The van der Waals surface area contributed by atoms with Crippen molar-refractivity contribution in [3.05, 3.63) is 72.4 Å². The fraction of sp³-hybridized carbons (Fsp3) is 0.278. The summed E-state index contributed by atoms with van der Waals surface area (Å²) in [6.45, 7) is 0.167. The Kier molecular flexibility index (Phi) is 5.75. The molecule has 138 valence electrons. The molecule has 0 saturated carbocycles. The van der Waals surface area contributed by atoms with Crippen LogP contribution in [0, 0.1) is 0 Å². The molecule has 0 aliphatic heterocycles. The Bertz CT molecular complexity index is 854. The number of nitrogens with zero attached hydrogens (tertiary/aromatic N) is 2. The summed E-state index contributed by atoms with van der Waals surface area (Å²) in [6.07, 6.45) is 5.41. The number of hydrogen-bond acceptors (Lipinski definition) is 5. The fourth-order valence-corrected chi connectivity index (χ4v) is 3.65. The molecule has 3 aromatic rings. The van der Waals surface area contributed by atoms with E-state index in [1.165, 1.54) is 0 Å². The average molecular weight is 375 g/mol. The van der Waals surface area contributed by atoms with Gasteiger partial charge >= 0.3 is 0 Å². The van der Waals surface area contributed by atoms with E-state index < -0.39 is 10.0 Å². The van der Waals surface area contributed by atoms with E-state index >= 15 is 0 Å². The molecule has 1 N–H and O–H groups in total. The lowest BCUT2D eigenvalue weighted by Gasteiger charge is -2.16. The first kappa shape index (κ1) is 18.2. The van der Waals surface area contributed by atoms with E-state index in [9.17, 15) is 8.42 Å². The van der Waals surface area contributed by atoms with E-state index in [1.54, 1.807) is 48.6 Å². The summed E-state index contributed by atoms with van der Waals surface area (Å²) < 4.78 is 39.6. The second-order valence-corrected chi connectivity index (χ2v) is 7.71. The number of nitrogens with one attached hydrogen (secondary N) is 1. The van der Waals surface area contributed by atoms with Gasteiger partial charge in [-0.25, -0.2) is 13.1 Å². The van der Waals surface area contributed by atoms with Crippen molar-refractivity contribution in [2.45, 2.75) is 12.5 Å². The van der Waals surface area contributed by atoms with Gasteiger partial charge in [0, 0.05) is 18.9 Å². The molecule has 26 heavy (non-hydrogen) atoms. The number of aromatic nitrogens is 2. The normalized spacial score (nSPS) is 12.8. The molecular weight excluding hydrogens is 354 g/mol. The van der Waals surface area contributed by atoms with Crippen molar-refractivity contribution in [2.24, 2.45) is 0 Å². The third-order valence-corrected chi connectivity index (χ3v) is 5.38. The monoisotopic (exact) mass is 375 g/mol. The van der Waals surface area contributed by atoms with Crippen molar-refractivity contribution in [1.82, 2.24) is 14.5 Å². The number of ether oxygens (including phenoxy) is 1. The molecule has 0 aliphatic rings. The second kappa shape index (κ2) is 8.20. The van der Waals surface area contributed by atoms with Gasteiger partial charge in [-0.15, -0.1) is 0 Å². The summed E-state index contributed by atoms with van der Waals surface area (Å²) in [4.78, 5) is 0.